The van der Waals surface area contributed by atoms with E-state index >= 15 is 0 Å². The number of fused-ring (bicyclic) bond motifs is 10. The van der Waals surface area contributed by atoms with E-state index in [2.05, 4.69) is 228 Å². The van der Waals surface area contributed by atoms with Gasteiger partial charge in [-0.3, -0.25) is 0 Å². The van der Waals surface area contributed by atoms with E-state index < -0.39 is 0 Å². The fourth-order valence-corrected chi connectivity index (χ4v) is 10.4. The van der Waals surface area contributed by atoms with Gasteiger partial charge in [-0.05, 0) is 169 Å². The minimum absolute atomic E-state index is 0.00903. The lowest BCUT2D eigenvalue weighted by atomic mass is 9.87. The van der Waals surface area contributed by atoms with Crippen LogP contribution in [0.25, 0.3) is 89.5 Å². The second-order valence-electron chi connectivity index (χ2n) is 23.3. The molecule has 8 aromatic carbocycles. The smallest absolute Gasteiger partial charge is 0.213 e. The van der Waals surface area contributed by atoms with Gasteiger partial charge < -0.3 is 24.2 Å². The largest absolute Gasteiger partial charge is 0.453 e. The minimum atomic E-state index is 0.00903. The molecule has 0 amide bonds. The van der Waals surface area contributed by atoms with Crippen LogP contribution in [0.1, 0.15) is 102 Å². The van der Waals surface area contributed by atoms with Crippen LogP contribution < -0.4 is 14.2 Å². The molecule has 2 aliphatic rings. The summed E-state index contributed by atoms with van der Waals surface area (Å²) in [5.41, 5.74) is 11.6. The third-order valence-electron chi connectivity index (χ3n) is 14.5. The standard InChI is InChI=1S/C50H48O3.C20H14N4/c1-48(2,3)32-19-25-35(26-20-32)51-45-41-18-12-16-39-38-15-10-13-31-14-11-17-40(42(31)38)44(43(39)41)46(52-36-27-21-33(22-28-36)49(4,5)6)47(45)53-37-29-23-34(24-30-37)50(7,8)9;1-2-14-10-16-5-6-18(23-16)12-20-8-7-19(24-20)11-17-4-3-15(22-17)9-13(1)21-14/h10-30H,1-9H3;1-12,21-22H. The van der Waals surface area contributed by atoms with Gasteiger partial charge in [0.2, 0.25) is 5.75 Å². The zero-order valence-corrected chi connectivity index (χ0v) is 45.2. The quantitative estimate of drug-likeness (QED) is 0.128. The maximum atomic E-state index is 7.13. The zero-order valence-electron chi connectivity index (χ0n) is 45.2. The Kier molecular flexibility index (Phi) is 12.1. The van der Waals surface area contributed by atoms with Crippen molar-refractivity contribution >= 4 is 89.5 Å². The van der Waals surface area contributed by atoms with Crippen LogP contribution in [-0.2, 0) is 16.2 Å². The van der Waals surface area contributed by atoms with Crippen LogP contribution in [0.4, 0.5) is 0 Å². The second kappa shape index (κ2) is 19.0. The molecule has 5 heterocycles. The molecule has 0 spiro atoms. The van der Waals surface area contributed by atoms with Gasteiger partial charge in [0, 0.05) is 38.2 Å². The lowest BCUT2D eigenvalue weighted by molar-refractivity contribution is 0.391. The van der Waals surface area contributed by atoms with Crippen molar-refractivity contribution < 1.29 is 14.2 Å². The third-order valence-corrected chi connectivity index (χ3v) is 14.5. The van der Waals surface area contributed by atoms with Crippen LogP contribution in [0.2, 0.25) is 0 Å². The number of benzene rings is 8. The molecular weight excluding hydrogens is 945 g/mol. The Morgan fingerprint density at radius 2 is 0.675 bits per heavy atom. The van der Waals surface area contributed by atoms with Crippen LogP contribution in [-0.4, -0.2) is 19.9 Å². The van der Waals surface area contributed by atoms with Crippen molar-refractivity contribution in [2.24, 2.45) is 0 Å². The van der Waals surface area contributed by atoms with Crippen molar-refractivity contribution in [2.45, 2.75) is 78.6 Å². The van der Waals surface area contributed by atoms with Gasteiger partial charge in [0.25, 0.3) is 0 Å². The summed E-state index contributed by atoms with van der Waals surface area (Å²) in [5.74, 6) is 3.93. The second-order valence-corrected chi connectivity index (χ2v) is 23.3. The summed E-state index contributed by atoms with van der Waals surface area (Å²) in [6.45, 7) is 20.0. The Morgan fingerprint density at radius 1 is 0.312 bits per heavy atom. The Bertz CT molecular complexity index is 4180. The van der Waals surface area contributed by atoms with Gasteiger partial charge in [0.1, 0.15) is 17.2 Å². The Labute approximate surface area is 449 Å². The molecule has 7 heteroatoms. The molecule has 77 heavy (non-hydrogen) atoms. The monoisotopic (exact) mass is 1010 g/mol. The Balaban J connectivity index is 0.000000205. The molecule has 0 unspecified atom stereocenters. The van der Waals surface area contributed by atoms with E-state index in [-0.39, 0.29) is 16.2 Å². The molecule has 0 saturated carbocycles. The fourth-order valence-electron chi connectivity index (χ4n) is 10.4. The molecular formula is C70H62N4O3. The van der Waals surface area contributed by atoms with Crippen molar-refractivity contribution in [2.75, 3.05) is 0 Å². The van der Waals surface area contributed by atoms with Gasteiger partial charge in [0.15, 0.2) is 11.5 Å². The highest BCUT2D eigenvalue weighted by atomic mass is 16.5. The molecule has 8 bridgehead atoms. The summed E-state index contributed by atoms with van der Waals surface area (Å²) in [5, 5.41) is 8.87. The molecule has 0 saturated heterocycles. The van der Waals surface area contributed by atoms with Crippen LogP contribution >= 0.6 is 0 Å². The third kappa shape index (κ3) is 9.93. The van der Waals surface area contributed by atoms with Gasteiger partial charge in [-0.2, -0.15) is 0 Å². The number of ether oxygens (including phenoxy) is 3. The lowest BCUT2D eigenvalue weighted by Gasteiger charge is -2.24. The van der Waals surface area contributed by atoms with E-state index in [1.807, 2.05) is 54.6 Å². The van der Waals surface area contributed by atoms with Crippen molar-refractivity contribution in [1.82, 2.24) is 19.9 Å². The summed E-state index contributed by atoms with van der Waals surface area (Å²) in [7, 11) is 0. The number of aromatic amines is 2. The molecule has 11 aromatic rings. The SMILES string of the molecule is C1=Cc2cc3ccc(cc4ccc(cc5nc(cc1n2)C=C5)[nH]4)[nH]3.CC(C)(C)c1ccc(Oc2c(Oc3ccc(C(C)(C)C)cc3)c3cccc4c5cccc6cccc(c(c2Oc2ccc(C(C)(C)C)cc2)c34)c65)cc1. The molecule has 3 aromatic heterocycles. The molecule has 7 nitrogen and oxygen atoms in total. The number of nitrogens with one attached hydrogen (secondary N) is 2. The molecule has 0 aliphatic carbocycles. The number of nitrogens with zero attached hydrogens (tertiary/aromatic N) is 2. The zero-order chi connectivity index (χ0) is 53.2. The summed E-state index contributed by atoms with van der Waals surface area (Å²) in [4.78, 5) is 16.0. The Morgan fingerprint density at radius 3 is 1.13 bits per heavy atom. The number of H-pyrrole nitrogens is 2. The van der Waals surface area contributed by atoms with Crippen LogP contribution in [0, 0.1) is 0 Å². The summed E-state index contributed by atoms with van der Waals surface area (Å²) in [6, 6.07) is 61.2. The summed E-state index contributed by atoms with van der Waals surface area (Å²) in [6.07, 6.45) is 8.05. The van der Waals surface area contributed by atoms with Gasteiger partial charge in [-0.1, -0.05) is 153 Å². The van der Waals surface area contributed by atoms with E-state index in [1.165, 1.54) is 32.8 Å². The van der Waals surface area contributed by atoms with Crippen LogP contribution in [0.3, 0.4) is 0 Å². The predicted octanol–water partition coefficient (Wildman–Crippen LogP) is 19.7. The van der Waals surface area contributed by atoms with Crippen molar-refractivity contribution in [3.63, 3.8) is 0 Å². The van der Waals surface area contributed by atoms with Crippen molar-refractivity contribution in [1.29, 1.82) is 0 Å². The van der Waals surface area contributed by atoms with Crippen molar-refractivity contribution in [3.8, 4) is 34.5 Å². The topological polar surface area (TPSA) is 85.1 Å². The van der Waals surface area contributed by atoms with Crippen LogP contribution in [0.5, 0.6) is 34.5 Å². The molecule has 0 radical (unpaired) electrons. The van der Waals surface area contributed by atoms with E-state index in [0.717, 1.165) is 83.3 Å². The van der Waals surface area contributed by atoms with Crippen molar-refractivity contribution in [3.05, 3.63) is 215 Å². The van der Waals surface area contributed by atoms with Gasteiger partial charge >= 0.3 is 0 Å². The van der Waals surface area contributed by atoms with E-state index in [4.69, 9.17) is 14.2 Å². The molecule has 13 rings (SSSR count). The molecule has 0 fully saturated rings. The van der Waals surface area contributed by atoms with Crippen LogP contribution in [0.15, 0.2) is 176 Å². The average Bonchev–Trinajstić information content (AvgIpc) is 4.41. The predicted molar refractivity (Wildman–Crippen MR) is 322 cm³/mol. The van der Waals surface area contributed by atoms with Gasteiger partial charge in [0.05, 0.1) is 22.8 Å². The minimum Gasteiger partial charge on any atom is -0.453 e. The summed E-state index contributed by atoms with van der Waals surface area (Å²) >= 11 is 0. The molecule has 380 valence electrons. The highest BCUT2D eigenvalue weighted by Crippen LogP contribution is 2.56. The first-order valence-electron chi connectivity index (χ1n) is 26.5. The number of hydrogen-bond acceptors (Lipinski definition) is 5. The highest BCUT2D eigenvalue weighted by molar-refractivity contribution is 6.35. The first-order valence-corrected chi connectivity index (χ1v) is 26.5. The van der Waals surface area contributed by atoms with E-state index in [9.17, 15) is 0 Å². The fraction of sp³-hybridized carbons (Fsp3) is 0.171. The lowest BCUT2D eigenvalue weighted by Crippen LogP contribution is -2.10. The normalized spacial score (nSPS) is 12.6. The first kappa shape index (κ1) is 49.0. The van der Waals surface area contributed by atoms with E-state index in [0.29, 0.717) is 23.0 Å². The van der Waals surface area contributed by atoms with E-state index in [1.54, 1.807) is 0 Å². The van der Waals surface area contributed by atoms with Gasteiger partial charge in [-0.25, -0.2) is 9.97 Å². The van der Waals surface area contributed by atoms with Gasteiger partial charge in [-0.15, -0.1) is 0 Å². The number of hydrogen-bond donors (Lipinski definition) is 2. The Hall–Kier alpha value is -8.94. The number of aromatic nitrogens is 4. The molecule has 0 atom stereocenters. The average molecular weight is 1010 g/mol. The molecule has 2 aliphatic heterocycles. The first-order chi connectivity index (χ1) is 37.0. The molecule has 2 N–H and O–H groups in total. The maximum absolute atomic E-state index is 7.13. The summed E-state index contributed by atoms with van der Waals surface area (Å²) < 4.78 is 21.2. The highest BCUT2D eigenvalue weighted by Gasteiger charge is 2.28. The maximum Gasteiger partial charge on any atom is 0.213 e. The number of rotatable bonds is 6.